The monoisotopic (exact) mass is 287 g/mol. The van der Waals surface area contributed by atoms with E-state index in [0.717, 1.165) is 31.4 Å². The zero-order valence-corrected chi connectivity index (χ0v) is 12.0. The van der Waals surface area contributed by atoms with E-state index in [2.05, 4.69) is 11.9 Å². The molecule has 4 atom stereocenters. The molecule has 110 valence electrons. The summed E-state index contributed by atoms with van der Waals surface area (Å²) >= 11 is 0. The van der Waals surface area contributed by atoms with Crippen LogP contribution in [0.25, 0.3) is 0 Å². The third-order valence-corrected chi connectivity index (χ3v) is 6.21. The minimum absolute atomic E-state index is 0.154. The van der Waals surface area contributed by atoms with Crippen LogP contribution in [0.5, 0.6) is 11.5 Å². The zero-order chi connectivity index (χ0) is 14.4. The molecule has 1 aromatic carbocycles. The van der Waals surface area contributed by atoms with E-state index in [-0.39, 0.29) is 17.0 Å². The van der Waals surface area contributed by atoms with Crippen molar-refractivity contribution in [1.82, 2.24) is 4.90 Å². The van der Waals surface area contributed by atoms with E-state index in [4.69, 9.17) is 4.74 Å². The lowest BCUT2D eigenvalue weighted by Gasteiger charge is -2.56. The predicted molar refractivity (Wildman–Crippen MR) is 76.2 cm³/mol. The largest absolute Gasteiger partial charge is 0.504 e. The first-order valence-electron chi connectivity index (χ1n) is 7.70. The SMILES string of the molecule is CN1CC[C@]23c4c5ccc(O)c4OC2C(F)=CC[C@H]3[C@H]1C5. The Morgan fingerprint density at radius 2 is 2.29 bits per heavy atom. The van der Waals surface area contributed by atoms with Crippen molar-refractivity contribution in [1.29, 1.82) is 0 Å². The van der Waals surface area contributed by atoms with Gasteiger partial charge in [-0.1, -0.05) is 6.07 Å². The first kappa shape index (κ1) is 12.0. The lowest BCUT2D eigenvalue weighted by Crippen LogP contribution is -2.63. The Balaban J connectivity index is 1.85. The van der Waals surface area contributed by atoms with E-state index >= 15 is 0 Å². The summed E-state index contributed by atoms with van der Waals surface area (Å²) in [5.41, 5.74) is 2.07. The average Bonchev–Trinajstić information content (AvgIpc) is 2.83. The molecule has 4 aliphatic rings. The lowest BCUT2D eigenvalue weighted by atomic mass is 9.53. The summed E-state index contributed by atoms with van der Waals surface area (Å²) in [6, 6.07) is 4.14. The second-order valence-electron chi connectivity index (χ2n) is 6.92. The van der Waals surface area contributed by atoms with Gasteiger partial charge in [0.05, 0.1) is 0 Å². The summed E-state index contributed by atoms with van der Waals surface area (Å²) in [7, 11) is 2.17. The van der Waals surface area contributed by atoms with E-state index in [9.17, 15) is 9.50 Å². The number of benzene rings is 1. The number of allylic oxidation sites excluding steroid dienone is 1. The maximum absolute atomic E-state index is 14.5. The fourth-order valence-electron chi connectivity index (χ4n) is 5.30. The Morgan fingerprint density at radius 3 is 3.14 bits per heavy atom. The first-order valence-corrected chi connectivity index (χ1v) is 7.70. The average molecular weight is 287 g/mol. The summed E-state index contributed by atoms with van der Waals surface area (Å²) in [4.78, 5) is 2.41. The van der Waals surface area contributed by atoms with E-state index in [1.807, 2.05) is 6.07 Å². The Kier molecular flexibility index (Phi) is 2.07. The topological polar surface area (TPSA) is 32.7 Å². The van der Waals surface area contributed by atoms with E-state index < -0.39 is 6.10 Å². The van der Waals surface area contributed by atoms with Crippen molar-refractivity contribution in [3.63, 3.8) is 0 Å². The van der Waals surface area contributed by atoms with Crippen LogP contribution in [-0.4, -0.2) is 35.7 Å². The molecule has 0 saturated carbocycles. The van der Waals surface area contributed by atoms with Crippen LogP contribution in [0.2, 0.25) is 0 Å². The van der Waals surface area contributed by atoms with Gasteiger partial charge in [0, 0.05) is 17.0 Å². The number of hydrogen-bond acceptors (Lipinski definition) is 3. The van der Waals surface area contributed by atoms with Crippen LogP contribution in [0, 0.1) is 5.92 Å². The van der Waals surface area contributed by atoms with E-state index in [1.165, 1.54) is 5.56 Å². The maximum atomic E-state index is 14.5. The summed E-state index contributed by atoms with van der Waals surface area (Å²) in [6.07, 6.45) is 3.81. The van der Waals surface area contributed by atoms with Crippen LogP contribution in [0.1, 0.15) is 24.0 Å². The Morgan fingerprint density at radius 1 is 1.43 bits per heavy atom. The van der Waals surface area contributed by atoms with Crippen LogP contribution in [0.15, 0.2) is 24.0 Å². The number of phenolic OH excluding ortho intramolecular Hbond substituents is 1. The predicted octanol–water partition coefficient (Wildman–Crippen LogP) is 2.52. The van der Waals surface area contributed by atoms with Crippen LogP contribution >= 0.6 is 0 Å². The highest BCUT2D eigenvalue weighted by atomic mass is 19.1. The van der Waals surface area contributed by atoms with Crippen LogP contribution in [0.3, 0.4) is 0 Å². The minimum atomic E-state index is -0.533. The second kappa shape index (κ2) is 3.61. The highest BCUT2D eigenvalue weighted by molar-refractivity contribution is 5.61. The molecule has 2 aliphatic heterocycles. The van der Waals surface area contributed by atoms with Crippen molar-refractivity contribution < 1.29 is 14.2 Å². The van der Waals surface area contributed by atoms with Crippen LogP contribution in [-0.2, 0) is 11.8 Å². The highest BCUT2D eigenvalue weighted by Gasteiger charge is 2.64. The smallest absolute Gasteiger partial charge is 0.166 e. The summed E-state index contributed by atoms with van der Waals surface area (Å²) in [6.45, 7) is 0.961. The standard InChI is InChI=1S/C17H18FNO2/c1-19-7-6-17-10-3-4-11(18)16(17)21-15-13(20)5-2-9(14(15)17)8-12(10)19/h2,4-5,10,12,16,20H,3,6-8H2,1H3/t10-,12+,16?,17-/m0/s1. The summed E-state index contributed by atoms with van der Waals surface area (Å²) < 4.78 is 20.4. The second-order valence-corrected chi connectivity index (χ2v) is 6.92. The number of piperidine rings is 1. The van der Waals surface area contributed by atoms with E-state index in [1.54, 1.807) is 12.1 Å². The van der Waals surface area contributed by atoms with Gasteiger partial charge in [0.15, 0.2) is 17.6 Å². The highest BCUT2D eigenvalue weighted by Crippen LogP contribution is 2.63. The van der Waals surface area contributed by atoms with Gasteiger partial charge in [0.25, 0.3) is 0 Å². The van der Waals surface area contributed by atoms with Gasteiger partial charge in [-0.25, -0.2) is 4.39 Å². The molecule has 5 rings (SSSR count). The van der Waals surface area contributed by atoms with Gasteiger partial charge in [0.1, 0.15) is 5.83 Å². The van der Waals surface area contributed by atoms with Crippen molar-refractivity contribution in [2.24, 2.45) is 5.92 Å². The van der Waals surface area contributed by atoms with Crippen molar-refractivity contribution in [3.05, 3.63) is 35.2 Å². The van der Waals surface area contributed by atoms with Crippen LogP contribution in [0.4, 0.5) is 4.39 Å². The Labute approximate surface area is 123 Å². The molecule has 1 saturated heterocycles. The van der Waals surface area contributed by atoms with Gasteiger partial charge in [0.2, 0.25) is 0 Å². The van der Waals surface area contributed by atoms with Gasteiger partial charge in [-0.15, -0.1) is 0 Å². The number of likely N-dealkylation sites (tertiary alicyclic amines) is 1. The van der Waals surface area contributed by atoms with Crippen molar-refractivity contribution >= 4 is 0 Å². The van der Waals surface area contributed by atoms with Crippen LogP contribution < -0.4 is 4.74 Å². The molecule has 1 unspecified atom stereocenters. The molecule has 1 N–H and O–H groups in total. The quantitative estimate of drug-likeness (QED) is 0.796. The first-order chi connectivity index (χ1) is 10.1. The molecule has 21 heavy (non-hydrogen) atoms. The summed E-state index contributed by atoms with van der Waals surface area (Å²) in [5.74, 6) is 0.923. The molecule has 3 nitrogen and oxygen atoms in total. The molecule has 2 aliphatic carbocycles. The molecule has 4 heteroatoms. The third kappa shape index (κ3) is 1.20. The maximum Gasteiger partial charge on any atom is 0.166 e. The number of likely N-dealkylation sites (N-methyl/N-ethyl adjacent to an activating group) is 1. The lowest BCUT2D eigenvalue weighted by molar-refractivity contribution is -0.0158. The van der Waals surface area contributed by atoms with E-state index in [0.29, 0.717) is 17.7 Å². The van der Waals surface area contributed by atoms with Crippen molar-refractivity contribution in [2.45, 2.75) is 36.8 Å². The fraction of sp³-hybridized carbons (Fsp3) is 0.529. The van der Waals surface area contributed by atoms with Gasteiger partial charge < -0.3 is 14.7 Å². The van der Waals surface area contributed by atoms with Crippen molar-refractivity contribution in [3.8, 4) is 11.5 Å². The number of hydrogen-bond donors (Lipinski definition) is 1. The third-order valence-electron chi connectivity index (χ3n) is 6.21. The molecule has 0 aromatic heterocycles. The van der Waals surface area contributed by atoms with Gasteiger partial charge >= 0.3 is 0 Å². The Bertz CT molecular complexity index is 686. The molecular weight excluding hydrogens is 269 g/mol. The van der Waals surface area contributed by atoms with Gasteiger partial charge in [-0.05, 0) is 56.5 Å². The number of ether oxygens (including phenoxy) is 1. The number of aromatic hydroxyl groups is 1. The molecule has 0 radical (unpaired) electrons. The molecule has 2 heterocycles. The number of rotatable bonds is 0. The molecule has 1 aromatic rings. The number of nitrogens with zero attached hydrogens (tertiary/aromatic N) is 1. The molecule has 1 fully saturated rings. The normalized spacial score (nSPS) is 39.5. The minimum Gasteiger partial charge on any atom is -0.504 e. The molecule has 1 spiro atoms. The summed E-state index contributed by atoms with van der Waals surface area (Å²) in [5, 5.41) is 10.2. The molecule has 0 amide bonds. The fourth-order valence-corrected chi connectivity index (χ4v) is 5.30. The Hall–Kier alpha value is -1.55. The number of phenols is 1. The molecule has 2 bridgehead atoms. The number of halogens is 1. The van der Waals surface area contributed by atoms with Crippen molar-refractivity contribution in [2.75, 3.05) is 13.6 Å². The van der Waals surface area contributed by atoms with Gasteiger partial charge in [-0.2, -0.15) is 0 Å². The zero-order valence-electron chi connectivity index (χ0n) is 12.0. The molecular formula is C17H18FNO2. The van der Waals surface area contributed by atoms with Gasteiger partial charge in [-0.3, -0.25) is 0 Å².